The number of carboxylic acid groups (broad SMARTS) is 1. The lowest BCUT2D eigenvalue weighted by atomic mass is 10.0. The first-order valence-electron chi connectivity index (χ1n) is 6.83. The lowest BCUT2D eigenvalue weighted by molar-refractivity contribution is -0.137. The molecule has 4 N–H and O–H groups in total. The van der Waals surface area contributed by atoms with Crippen molar-refractivity contribution >= 4 is 11.9 Å². The molecule has 0 aliphatic heterocycles. The van der Waals surface area contributed by atoms with Gasteiger partial charge in [-0.2, -0.15) is 0 Å². The number of carbonyl (C=O) groups excluding carboxylic acids is 1. The molecule has 0 fully saturated rings. The molecular weight excluding hydrogens is 250 g/mol. The van der Waals surface area contributed by atoms with Crippen molar-refractivity contribution in [3.8, 4) is 0 Å². The van der Waals surface area contributed by atoms with Gasteiger partial charge >= 0.3 is 5.97 Å². The number of nitrogens with one attached hydrogen (secondary N) is 1. The van der Waals surface area contributed by atoms with Crippen molar-refractivity contribution in [2.24, 2.45) is 0 Å². The fraction of sp³-hybridized carbons (Fsp3) is 0.846. The highest BCUT2D eigenvalue weighted by atomic mass is 16.4. The van der Waals surface area contributed by atoms with Crippen LogP contribution in [0.4, 0.5) is 0 Å². The lowest BCUT2D eigenvalue weighted by Gasteiger charge is -2.09. The van der Waals surface area contributed by atoms with E-state index in [0.29, 0.717) is 19.3 Å². The molecule has 6 heteroatoms. The first-order valence-corrected chi connectivity index (χ1v) is 6.83. The van der Waals surface area contributed by atoms with Crippen molar-refractivity contribution in [1.29, 1.82) is 0 Å². The first kappa shape index (κ1) is 17.9. The zero-order valence-corrected chi connectivity index (χ0v) is 11.3. The van der Waals surface area contributed by atoms with Crippen molar-refractivity contribution in [3.05, 3.63) is 0 Å². The van der Waals surface area contributed by atoms with Crippen molar-refractivity contribution in [1.82, 2.24) is 5.32 Å². The fourth-order valence-electron chi connectivity index (χ4n) is 1.75. The third-order valence-corrected chi connectivity index (χ3v) is 2.82. The average Bonchev–Trinajstić information content (AvgIpc) is 2.37. The molecule has 0 saturated heterocycles. The minimum absolute atomic E-state index is 0.114. The highest BCUT2D eigenvalue weighted by molar-refractivity contribution is 5.80. The van der Waals surface area contributed by atoms with E-state index in [1.54, 1.807) is 0 Å². The summed E-state index contributed by atoms with van der Waals surface area (Å²) in [6.07, 6.45) is 5.48. The Morgan fingerprint density at radius 3 is 2.26 bits per heavy atom. The Morgan fingerprint density at radius 2 is 1.63 bits per heavy atom. The largest absolute Gasteiger partial charge is 0.480 e. The summed E-state index contributed by atoms with van der Waals surface area (Å²) in [5.41, 5.74) is 0. The molecule has 0 aliphatic rings. The second-order valence-corrected chi connectivity index (χ2v) is 4.64. The topological polar surface area (TPSA) is 107 Å². The Bertz CT molecular complexity index is 257. The summed E-state index contributed by atoms with van der Waals surface area (Å²) in [5, 5.41) is 28.8. The second kappa shape index (κ2) is 11.9. The molecular formula is C13H25NO5. The summed E-state index contributed by atoms with van der Waals surface area (Å²) in [6, 6.07) is 0. The number of carboxylic acids is 1. The number of aliphatic carboxylic acids is 1. The van der Waals surface area contributed by atoms with Crippen molar-refractivity contribution < 1.29 is 24.9 Å². The molecule has 0 aliphatic carbocycles. The molecule has 0 radical (unpaired) electrons. The smallest absolute Gasteiger partial charge is 0.322 e. The lowest BCUT2D eigenvalue weighted by Crippen LogP contribution is -2.28. The maximum absolute atomic E-state index is 11.2. The molecule has 0 aromatic carbocycles. The third kappa shape index (κ3) is 13.1. The zero-order chi connectivity index (χ0) is 14.5. The molecule has 1 amide bonds. The van der Waals surface area contributed by atoms with Gasteiger partial charge in [0.1, 0.15) is 6.54 Å². The van der Waals surface area contributed by atoms with Gasteiger partial charge in [0.2, 0.25) is 5.91 Å². The Morgan fingerprint density at radius 1 is 1.00 bits per heavy atom. The van der Waals surface area contributed by atoms with E-state index >= 15 is 0 Å². The maximum atomic E-state index is 11.2. The van der Waals surface area contributed by atoms with Crippen LogP contribution in [0.25, 0.3) is 0 Å². The Labute approximate surface area is 113 Å². The molecule has 6 nitrogen and oxygen atoms in total. The van der Waals surface area contributed by atoms with Crippen molar-refractivity contribution in [3.63, 3.8) is 0 Å². The Kier molecular flexibility index (Phi) is 11.2. The molecule has 0 heterocycles. The summed E-state index contributed by atoms with van der Waals surface area (Å²) >= 11 is 0. The van der Waals surface area contributed by atoms with Gasteiger partial charge in [0.05, 0.1) is 6.10 Å². The zero-order valence-electron chi connectivity index (χ0n) is 11.3. The maximum Gasteiger partial charge on any atom is 0.322 e. The van der Waals surface area contributed by atoms with Gasteiger partial charge in [-0.3, -0.25) is 9.59 Å². The number of amides is 1. The van der Waals surface area contributed by atoms with Gasteiger partial charge in [-0.05, 0) is 25.7 Å². The summed E-state index contributed by atoms with van der Waals surface area (Å²) < 4.78 is 0. The number of carbonyl (C=O) groups is 2. The Balaban J connectivity index is 3.30. The van der Waals surface area contributed by atoms with Crippen LogP contribution >= 0.6 is 0 Å². The first-order chi connectivity index (χ1) is 9.06. The molecule has 0 rings (SSSR count). The van der Waals surface area contributed by atoms with Crippen molar-refractivity contribution in [2.45, 2.75) is 57.5 Å². The SMILES string of the molecule is O=C(O)CNC(=O)CCCCCC[C@H](O)CCCO. The minimum Gasteiger partial charge on any atom is -0.480 e. The van der Waals surface area contributed by atoms with Gasteiger partial charge in [-0.25, -0.2) is 0 Å². The monoisotopic (exact) mass is 275 g/mol. The summed E-state index contributed by atoms with van der Waals surface area (Å²) in [5.74, 6) is -1.27. The fourth-order valence-corrected chi connectivity index (χ4v) is 1.75. The van der Waals surface area contributed by atoms with Crippen LogP contribution in [0.1, 0.15) is 51.4 Å². The average molecular weight is 275 g/mol. The van der Waals surface area contributed by atoms with E-state index in [2.05, 4.69) is 5.32 Å². The van der Waals surface area contributed by atoms with Crippen molar-refractivity contribution in [2.75, 3.05) is 13.2 Å². The number of hydrogen-bond acceptors (Lipinski definition) is 4. The number of hydrogen-bond donors (Lipinski definition) is 4. The van der Waals surface area contributed by atoms with Crippen LogP contribution in [-0.4, -0.2) is 46.5 Å². The van der Waals surface area contributed by atoms with Gasteiger partial charge in [0.15, 0.2) is 0 Å². The van der Waals surface area contributed by atoms with Crippen LogP contribution in [0.2, 0.25) is 0 Å². The van der Waals surface area contributed by atoms with Gasteiger partial charge in [-0.15, -0.1) is 0 Å². The van der Waals surface area contributed by atoms with E-state index in [1.807, 2.05) is 0 Å². The van der Waals surface area contributed by atoms with Crippen LogP contribution < -0.4 is 5.32 Å². The van der Waals surface area contributed by atoms with Crippen LogP contribution in [0.3, 0.4) is 0 Å². The van der Waals surface area contributed by atoms with Gasteiger partial charge in [-0.1, -0.05) is 19.3 Å². The summed E-state index contributed by atoms with van der Waals surface area (Å²) in [6.45, 7) is -0.210. The third-order valence-electron chi connectivity index (χ3n) is 2.82. The minimum atomic E-state index is -1.04. The van der Waals surface area contributed by atoms with Crippen LogP contribution in [-0.2, 0) is 9.59 Å². The van der Waals surface area contributed by atoms with Gasteiger partial charge in [0.25, 0.3) is 0 Å². The highest BCUT2D eigenvalue weighted by Crippen LogP contribution is 2.10. The molecule has 0 bridgehead atoms. The Hall–Kier alpha value is -1.14. The summed E-state index contributed by atoms with van der Waals surface area (Å²) in [4.78, 5) is 21.4. The van der Waals surface area contributed by atoms with E-state index in [4.69, 9.17) is 10.2 Å². The van der Waals surface area contributed by atoms with Crippen LogP contribution in [0, 0.1) is 0 Å². The predicted octanol–water partition coefficient (Wildman–Crippen LogP) is 0.661. The van der Waals surface area contributed by atoms with E-state index < -0.39 is 5.97 Å². The summed E-state index contributed by atoms with van der Waals surface area (Å²) in [7, 11) is 0. The van der Waals surface area contributed by atoms with E-state index in [-0.39, 0.29) is 25.2 Å². The van der Waals surface area contributed by atoms with Crippen LogP contribution in [0.5, 0.6) is 0 Å². The molecule has 0 saturated carbocycles. The molecule has 0 unspecified atom stereocenters. The van der Waals surface area contributed by atoms with Gasteiger partial charge in [0, 0.05) is 13.0 Å². The highest BCUT2D eigenvalue weighted by Gasteiger charge is 2.05. The molecule has 19 heavy (non-hydrogen) atoms. The van der Waals surface area contributed by atoms with Gasteiger partial charge < -0.3 is 20.6 Å². The standard InChI is InChI=1S/C13H25NO5/c15-9-5-7-11(16)6-3-1-2-4-8-12(17)14-10-13(18)19/h11,15-16H,1-10H2,(H,14,17)(H,18,19)/t11-/m0/s1. The quantitative estimate of drug-likeness (QED) is 0.391. The van der Waals surface area contributed by atoms with E-state index in [9.17, 15) is 14.7 Å². The molecule has 112 valence electrons. The van der Waals surface area contributed by atoms with E-state index in [1.165, 1.54) is 0 Å². The normalized spacial score (nSPS) is 12.1. The van der Waals surface area contributed by atoms with Crippen LogP contribution in [0.15, 0.2) is 0 Å². The van der Waals surface area contributed by atoms with E-state index in [0.717, 1.165) is 32.1 Å². The second-order valence-electron chi connectivity index (χ2n) is 4.64. The number of aliphatic hydroxyl groups excluding tert-OH is 2. The number of aliphatic hydroxyl groups is 2. The molecule has 1 atom stereocenters. The molecule has 0 aromatic heterocycles. The molecule has 0 aromatic rings. The number of unbranched alkanes of at least 4 members (excludes halogenated alkanes) is 3. The number of rotatable bonds is 12. The predicted molar refractivity (Wildman–Crippen MR) is 70.7 cm³/mol. The molecule has 0 spiro atoms.